The van der Waals surface area contributed by atoms with Crippen LogP contribution in [0.3, 0.4) is 0 Å². The van der Waals surface area contributed by atoms with Gasteiger partial charge in [-0.1, -0.05) is 11.3 Å². The van der Waals surface area contributed by atoms with Crippen LogP contribution >= 0.6 is 11.3 Å². The number of nitrogen functional groups attached to an aromatic ring is 1. The first kappa shape index (κ1) is 16.9. The van der Waals surface area contributed by atoms with Crippen LogP contribution in [0.4, 0.5) is 21.0 Å². The first-order chi connectivity index (χ1) is 12.1. The van der Waals surface area contributed by atoms with Crippen LogP contribution in [0.25, 0.3) is 0 Å². The number of rotatable bonds is 6. The Morgan fingerprint density at radius 2 is 1.88 bits per heavy atom. The Labute approximate surface area is 148 Å². The molecule has 7 heteroatoms. The van der Waals surface area contributed by atoms with Crippen molar-refractivity contribution >= 4 is 33.8 Å². The molecule has 0 saturated carbocycles. The molecule has 0 radical (unpaired) electrons. The van der Waals surface area contributed by atoms with Gasteiger partial charge in [-0.05, 0) is 55.5 Å². The zero-order valence-electron chi connectivity index (χ0n) is 13.5. The van der Waals surface area contributed by atoms with E-state index in [4.69, 9.17) is 10.5 Å². The molecule has 0 unspecified atom stereocenters. The highest BCUT2D eigenvalue weighted by Gasteiger charge is 2.18. The molecule has 1 aromatic heterocycles. The second-order valence-corrected chi connectivity index (χ2v) is 6.15. The molecule has 0 saturated heterocycles. The second kappa shape index (κ2) is 7.31. The van der Waals surface area contributed by atoms with E-state index in [1.165, 1.54) is 12.1 Å². The van der Waals surface area contributed by atoms with Gasteiger partial charge >= 0.3 is 0 Å². The third kappa shape index (κ3) is 3.95. The van der Waals surface area contributed by atoms with E-state index in [0.717, 1.165) is 11.3 Å². The Balaban J connectivity index is 1.79. The normalized spacial score (nSPS) is 10.5. The molecule has 0 aliphatic carbocycles. The Morgan fingerprint density at radius 3 is 2.52 bits per heavy atom. The highest BCUT2D eigenvalue weighted by Crippen LogP contribution is 2.30. The van der Waals surface area contributed by atoms with Crippen LogP contribution in [-0.2, 0) is 0 Å². The van der Waals surface area contributed by atoms with Crippen molar-refractivity contribution < 1.29 is 13.9 Å². The van der Waals surface area contributed by atoms with Crippen molar-refractivity contribution in [2.24, 2.45) is 0 Å². The fourth-order valence-corrected chi connectivity index (χ4v) is 3.07. The molecule has 0 atom stereocenters. The van der Waals surface area contributed by atoms with Crippen molar-refractivity contribution in [3.63, 3.8) is 0 Å². The van der Waals surface area contributed by atoms with Crippen LogP contribution in [0.2, 0.25) is 0 Å². The summed E-state index contributed by atoms with van der Waals surface area (Å²) >= 11 is 1.15. The van der Waals surface area contributed by atoms with Gasteiger partial charge in [0.2, 0.25) is 5.78 Å². The number of nitrogens with two attached hydrogens (primary N) is 1. The maximum atomic E-state index is 12.9. The Kier molecular flexibility index (Phi) is 4.95. The van der Waals surface area contributed by atoms with E-state index in [9.17, 15) is 9.18 Å². The van der Waals surface area contributed by atoms with Crippen LogP contribution in [0.1, 0.15) is 22.2 Å². The van der Waals surface area contributed by atoms with E-state index in [2.05, 4.69) is 10.3 Å². The number of halogens is 1. The van der Waals surface area contributed by atoms with Gasteiger partial charge in [0.05, 0.1) is 6.61 Å². The van der Waals surface area contributed by atoms with Gasteiger partial charge in [0.1, 0.15) is 22.3 Å². The summed E-state index contributed by atoms with van der Waals surface area (Å²) in [7, 11) is 0. The Hall–Kier alpha value is -2.93. The third-order valence-corrected chi connectivity index (χ3v) is 4.37. The van der Waals surface area contributed by atoms with Gasteiger partial charge < -0.3 is 15.8 Å². The van der Waals surface area contributed by atoms with Gasteiger partial charge in [0.15, 0.2) is 5.13 Å². The Bertz CT molecular complexity index is 876. The molecule has 0 bridgehead atoms. The first-order valence-electron chi connectivity index (χ1n) is 7.63. The summed E-state index contributed by atoms with van der Waals surface area (Å²) in [6.07, 6.45) is 0. The monoisotopic (exact) mass is 357 g/mol. The molecular formula is C18H16FN3O2S. The molecule has 25 heavy (non-hydrogen) atoms. The van der Waals surface area contributed by atoms with Gasteiger partial charge in [0, 0.05) is 11.3 Å². The quantitative estimate of drug-likeness (QED) is 0.645. The zero-order valence-corrected chi connectivity index (χ0v) is 14.3. The highest BCUT2D eigenvalue weighted by atomic mass is 32.1. The maximum Gasteiger partial charge on any atom is 0.206 e. The number of ketones is 1. The van der Waals surface area contributed by atoms with Gasteiger partial charge in [-0.15, -0.1) is 0 Å². The van der Waals surface area contributed by atoms with Crippen LogP contribution in [0, 0.1) is 5.82 Å². The largest absolute Gasteiger partial charge is 0.494 e. The summed E-state index contributed by atoms with van der Waals surface area (Å²) in [5, 5.41) is 3.48. The average molecular weight is 357 g/mol. The number of aromatic nitrogens is 1. The van der Waals surface area contributed by atoms with Crippen LogP contribution in [0.5, 0.6) is 5.75 Å². The number of hydrogen-bond donors (Lipinski definition) is 2. The van der Waals surface area contributed by atoms with Crippen molar-refractivity contribution in [3.8, 4) is 5.75 Å². The number of hydrogen-bond acceptors (Lipinski definition) is 6. The number of anilines is 3. The summed E-state index contributed by atoms with van der Waals surface area (Å²) in [6, 6.07) is 12.7. The van der Waals surface area contributed by atoms with Crippen LogP contribution in [-0.4, -0.2) is 17.4 Å². The van der Waals surface area contributed by atoms with Crippen LogP contribution in [0.15, 0.2) is 48.5 Å². The molecule has 0 fully saturated rings. The van der Waals surface area contributed by atoms with Gasteiger partial charge in [0.25, 0.3) is 0 Å². The molecule has 0 aliphatic heterocycles. The summed E-state index contributed by atoms with van der Waals surface area (Å²) in [6.45, 7) is 2.46. The molecule has 3 N–H and O–H groups in total. The molecule has 3 aromatic rings. The predicted molar refractivity (Wildman–Crippen MR) is 97.3 cm³/mol. The SMILES string of the molecule is CCOc1ccc(C(=O)c2sc(Nc3ccc(F)cc3)nc2N)cc1. The molecular weight excluding hydrogens is 341 g/mol. The van der Waals surface area contributed by atoms with Crippen molar-refractivity contribution in [1.82, 2.24) is 4.98 Å². The topological polar surface area (TPSA) is 77.2 Å². The number of benzene rings is 2. The third-order valence-electron chi connectivity index (χ3n) is 3.38. The number of nitrogens with zero attached hydrogens (tertiary/aromatic N) is 1. The average Bonchev–Trinajstić information content (AvgIpc) is 2.97. The van der Waals surface area contributed by atoms with E-state index < -0.39 is 0 Å². The molecule has 0 amide bonds. The van der Waals surface area contributed by atoms with E-state index in [1.54, 1.807) is 36.4 Å². The zero-order chi connectivity index (χ0) is 17.8. The minimum absolute atomic E-state index is 0.161. The minimum atomic E-state index is -0.324. The summed E-state index contributed by atoms with van der Waals surface area (Å²) in [4.78, 5) is 17.1. The van der Waals surface area contributed by atoms with Gasteiger partial charge in [-0.2, -0.15) is 0 Å². The number of carbonyl (C=O) groups is 1. The smallest absolute Gasteiger partial charge is 0.206 e. The van der Waals surface area contributed by atoms with E-state index in [1.807, 2.05) is 6.92 Å². The lowest BCUT2D eigenvalue weighted by Crippen LogP contribution is -2.02. The summed E-state index contributed by atoms with van der Waals surface area (Å²) in [5.41, 5.74) is 7.06. The van der Waals surface area contributed by atoms with Crippen molar-refractivity contribution in [1.29, 1.82) is 0 Å². The van der Waals surface area contributed by atoms with Crippen LogP contribution < -0.4 is 15.8 Å². The highest BCUT2D eigenvalue weighted by molar-refractivity contribution is 7.18. The van der Waals surface area contributed by atoms with Crippen molar-refractivity contribution in [3.05, 3.63) is 64.8 Å². The maximum absolute atomic E-state index is 12.9. The molecule has 0 spiro atoms. The molecule has 5 nitrogen and oxygen atoms in total. The van der Waals surface area contributed by atoms with Crippen molar-refractivity contribution in [2.75, 3.05) is 17.7 Å². The van der Waals surface area contributed by atoms with Gasteiger partial charge in [-0.25, -0.2) is 9.37 Å². The molecule has 128 valence electrons. The Morgan fingerprint density at radius 1 is 1.20 bits per heavy atom. The number of thiazole rings is 1. The second-order valence-electron chi connectivity index (χ2n) is 5.15. The lowest BCUT2D eigenvalue weighted by Gasteiger charge is -2.03. The predicted octanol–water partition coefficient (Wildman–Crippen LogP) is 4.24. The van der Waals surface area contributed by atoms with E-state index in [0.29, 0.717) is 33.6 Å². The summed E-state index contributed by atoms with van der Waals surface area (Å²) < 4.78 is 18.3. The standard InChI is InChI=1S/C18H16FN3O2S/c1-2-24-14-9-3-11(4-10-14)15(23)16-17(20)22-18(25-16)21-13-7-5-12(19)6-8-13/h3-10H,2,20H2,1H3,(H,21,22). The lowest BCUT2D eigenvalue weighted by atomic mass is 10.1. The van der Waals surface area contributed by atoms with Crippen molar-refractivity contribution in [2.45, 2.75) is 6.92 Å². The lowest BCUT2D eigenvalue weighted by molar-refractivity contribution is 0.104. The number of ether oxygens (including phenoxy) is 1. The molecule has 1 heterocycles. The summed E-state index contributed by atoms with van der Waals surface area (Å²) in [5.74, 6) is 0.337. The van der Waals surface area contributed by atoms with E-state index in [-0.39, 0.29) is 17.4 Å². The molecule has 3 rings (SSSR count). The fourth-order valence-electron chi connectivity index (χ4n) is 2.21. The fraction of sp³-hybridized carbons (Fsp3) is 0.111. The number of nitrogens with one attached hydrogen (secondary N) is 1. The van der Waals surface area contributed by atoms with Gasteiger partial charge in [-0.3, -0.25) is 4.79 Å². The first-order valence-corrected chi connectivity index (χ1v) is 8.45. The molecule has 2 aromatic carbocycles. The minimum Gasteiger partial charge on any atom is -0.494 e. The van der Waals surface area contributed by atoms with E-state index >= 15 is 0 Å². The number of carbonyl (C=O) groups excluding carboxylic acids is 1. The molecule has 0 aliphatic rings.